The maximum atomic E-state index is 7.42. The smallest absolute Gasteiger partial charge is 0.114 e. The summed E-state index contributed by atoms with van der Waals surface area (Å²) in [6.07, 6.45) is 6.43. The second-order valence-electron chi connectivity index (χ2n) is 3.88. The van der Waals surface area contributed by atoms with Crippen molar-refractivity contribution in [2.45, 2.75) is 38.6 Å². The maximum Gasteiger partial charge on any atom is 0.114 e. The van der Waals surface area contributed by atoms with Crippen molar-refractivity contribution in [2.75, 3.05) is 0 Å². The second-order valence-corrected chi connectivity index (χ2v) is 3.88. The topological polar surface area (TPSA) is 67.7 Å². The number of aryl methyl sites for hydroxylation is 1. The van der Waals surface area contributed by atoms with Gasteiger partial charge in [0.2, 0.25) is 0 Å². The van der Waals surface area contributed by atoms with Gasteiger partial charge in [0.25, 0.3) is 0 Å². The predicted molar refractivity (Wildman–Crippen MR) is 55.5 cm³/mol. The summed E-state index contributed by atoms with van der Waals surface area (Å²) in [7, 11) is 0. The van der Waals surface area contributed by atoms with Gasteiger partial charge in [-0.05, 0) is 32.6 Å². The Hall–Kier alpha value is -1.32. The van der Waals surface area contributed by atoms with Gasteiger partial charge < -0.3 is 10.3 Å². The summed E-state index contributed by atoms with van der Waals surface area (Å²) in [5, 5.41) is 7.42. The highest BCUT2D eigenvalue weighted by atomic mass is 15.1. The lowest BCUT2D eigenvalue weighted by atomic mass is 10.0. The van der Waals surface area contributed by atoms with Crippen LogP contribution >= 0.6 is 0 Å². The van der Waals surface area contributed by atoms with E-state index >= 15 is 0 Å². The lowest BCUT2D eigenvalue weighted by Crippen LogP contribution is -2.24. The number of nitrogens with two attached hydrogens (primary N) is 1. The summed E-state index contributed by atoms with van der Waals surface area (Å²) in [6, 6.07) is -0.0515. The third-order valence-electron chi connectivity index (χ3n) is 2.93. The molecule has 0 amide bonds. The quantitative estimate of drug-likeness (QED) is 0.547. The average Bonchev–Trinajstić information content (AvgIpc) is 2.60. The van der Waals surface area contributed by atoms with E-state index in [0.717, 1.165) is 12.8 Å². The number of imidazole rings is 1. The molecule has 4 nitrogen and oxygen atoms in total. The lowest BCUT2D eigenvalue weighted by Gasteiger charge is -2.18. The highest BCUT2D eigenvalue weighted by molar-refractivity contribution is 5.80. The largest absolute Gasteiger partial charge is 0.386 e. The molecule has 14 heavy (non-hydrogen) atoms. The molecule has 0 spiro atoms. The summed E-state index contributed by atoms with van der Waals surface area (Å²) in [6.45, 7) is 1.94. The van der Waals surface area contributed by atoms with Crippen LogP contribution in [0.3, 0.4) is 0 Å². The molecule has 1 atom stereocenters. The SMILES string of the molecule is CC(C(=N)N)n1cnc2c1CCCC2. The fourth-order valence-corrected chi connectivity index (χ4v) is 1.98. The van der Waals surface area contributed by atoms with Gasteiger partial charge in [-0.2, -0.15) is 0 Å². The van der Waals surface area contributed by atoms with Crippen LogP contribution in [0.5, 0.6) is 0 Å². The average molecular weight is 192 g/mol. The van der Waals surface area contributed by atoms with E-state index in [1.807, 2.05) is 17.8 Å². The van der Waals surface area contributed by atoms with Gasteiger partial charge in [0.15, 0.2) is 0 Å². The first-order valence-corrected chi connectivity index (χ1v) is 5.08. The molecule has 4 heteroatoms. The van der Waals surface area contributed by atoms with Crippen LogP contribution in [0.15, 0.2) is 6.33 Å². The van der Waals surface area contributed by atoms with E-state index in [0.29, 0.717) is 0 Å². The zero-order valence-corrected chi connectivity index (χ0v) is 8.45. The van der Waals surface area contributed by atoms with Gasteiger partial charge in [-0.3, -0.25) is 5.41 Å². The summed E-state index contributed by atoms with van der Waals surface area (Å²) in [4.78, 5) is 4.37. The van der Waals surface area contributed by atoms with E-state index in [4.69, 9.17) is 11.1 Å². The van der Waals surface area contributed by atoms with Gasteiger partial charge in [0.1, 0.15) is 5.84 Å². The van der Waals surface area contributed by atoms with Gasteiger partial charge in [-0.1, -0.05) is 0 Å². The van der Waals surface area contributed by atoms with Crippen molar-refractivity contribution in [1.29, 1.82) is 5.41 Å². The standard InChI is InChI=1S/C10H16N4/c1-7(10(11)12)14-6-13-8-4-2-3-5-9(8)14/h6-7H,2-5H2,1H3,(H3,11,12). The van der Waals surface area contributed by atoms with Gasteiger partial charge in [0.05, 0.1) is 18.1 Å². The molecule has 1 aliphatic carbocycles. The van der Waals surface area contributed by atoms with Crippen LogP contribution in [-0.4, -0.2) is 15.4 Å². The van der Waals surface area contributed by atoms with Crippen LogP contribution in [0.25, 0.3) is 0 Å². The fraction of sp³-hybridized carbons (Fsp3) is 0.600. The molecule has 76 valence electrons. The number of fused-ring (bicyclic) bond motifs is 1. The van der Waals surface area contributed by atoms with E-state index < -0.39 is 0 Å². The maximum absolute atomic E-state index is 7.42. The Morgan fingerprint density at radius 3 is 3.00 bits per heavy atom. The van der Waals surface area contributed by atoms with E-state index in [2.05, 4.69) is 4.98 Å². The fourth-order valence-electron chi connectivity index (χ4n) is 1.98. The zero-order chi connectivity index (χ0) is 10.1. The van der Waals surface area contributed by atoms with Crippen LogP contribution in [0.2, 0.25) is 0 Å². The third kappa shape index (κ3) is 1.41. The predicted octanol–water partition coefficient (Wildman–Crippen LogP) is 1.26. The molecule has 1 aromatic heterocycles. The van der Waals surface area contributed by atoms with Crippen LogP contribution in [0, 0.1) is 5.41 Å². The number of rotatable bonds is 2. The minimum Gasteiger partial charge on any atom is -0.386 e. The third-order valence-corrected chi connectivity index (χ3v) is 2.93. The number of hydrogen-bond acceptors (Lipinski definition) is 2. The minimum absolute atomic E-state index is 0.0515. The van der Waals surface area contributed by atoms with Gasteiger partial charge in [0, 0.05) is 5.69 Å². The normalized spacial score (nSPS) is 17.5. The van der Waals surface area contributed by atoms with E-state index in [-0.39, 0.29) is 11.9 Å². The first kappa shape index (κ1) is 9.24. The lowest BCUT2D eigenvalue weighted by molar-refractivity contribution is 0.596. The highest BCUT2D eigenvalue weighted by Crippen LogP contribution is 2.22. The molecule has 0 radical (unpaired) electrons. The van der Waals surface area contributed by atoms with Gasteiger partial charge >= 0.3 is 0 Å². The second kappa shape index (κ2) is 3.44. The Kier molecular flexibility index (Phi) is 2.27. The Balaban J connectivity index is 2.34. The van der Waals surface area contributed by atoms with Gasteiger partial charge in [-0.25, -0.2) is 4.98 Å². The molecule has 0 aliphatic heterocycles. The van der Waals surface area contributed by atoms with Crippen molar-refractivity contribution in [1.82, 2.24) is 9.55 Å². The van der Waals surface area contributed by atoms with Crippen molar-refractivity contribution in [3.63, 3.8) is 0 Å². The number of amidine groups is 1. The molecule has 1 heterocycles. The molecule has 0 fully saturated rings. The van der Waals surface area contributed by atoms with Crippen molar-refractivity contribution in [2.24, 2.45) is 5.73 Å². The Morgan fingerprint density at radius 1 is 1.57 bits per heavy atom. The summed E-state index contributed by atoms with van der Waals surface area (Å²) < 4.78 is 2.04. The van der Waals surface area contributed by atoms with Gasteiger partial charge in [-0.15, -0.1) is 0 Å². The first-order chi connectivity index (χ1) is 6.70. The number of aromatic nitrogens is 2. The minimum atomic E-state index is -0.0515. The molecule has 1 aromatic rings. The Morgan fingerprint density at radius 2 is 2.29 bits per heavy atom. The molecule has 0 saturated heterocycles. The van der Waals surface area contributed by atoms with Crippen LogP contribution in [-0.2, 0) is 12.8 Å². The summed E-state index contributed by atoms with van der Waals surface area (Å²) in [5.74, 6) is 0.204. The van der Waals surface area contributed by atoms with E-state index in [9.17, 15) is 0 Å². The number of nitrogens with zero attached hydrogens (tertiary/aromatic N) is 2. The molecular formula is C10H16N4. The summed E-state index contributed by atoms with van der Waals surface area (Å²) >= 11 is 0. The highest BCUT2D eigenvalue weighted by Gasteiger charge is 2.18. The zero-order valence-electron chi connectivity index (χ0n) is 8.45. The summed E-state index contributed by atoms with van der Waals surface area (Å²) in [5.41, 5.74) is 7.97. The van der Waals surface area contributed by atoms with Crippen LogP contribution < -0.4 is 5.73 Å². The molecule has 3 N–H and O–H groups in total. The molecule has 2 rings (SSSR count). The Labute approximate surface area is 83.6 Å². The van der Waals surface area contributed by atoms with Crippen molar-refractivity contribution < 1.29 is 0 Å². The first-order valence-electron chi connectivity index (χ1n) is 5.08. The molecule has 0 aromatic carbocycles. The number of nitrogens with one attached hydrogen (secondary N) is 1. The number of hydrogen-bond donors (Lipinski definition) is 2. The molecule has 1 aliphatic rings. The van der Waals surface area contributed by atoms with Crippen LogP contribution in [0.4, 0.5) is 0 Å². The van der Waals surface area contributed by atoms with Crippen molar-refractivity contribution >= 4 is 5.84 Å². The Bertz CT molecular complexity index is 353. The molecule has 1 unspecified atom stereocenters. The van der Waals surface area contributed by atoms with Crippen LogP contribution in [0.1, 0.15) is 37.2 Å². The molecule has 0 bridgehead atoms. The van der Waals surface area contributed by atoms with Crippen molar-refractivity contribution in [3.8, 4) is 0 Å². The monoisotopic (exact) mass is 192 g/mol. The molecule has 0 saturated carbocycles. The molecular weight excluding hydrogens is 176 g/mol. The van der Waals surface area contributed by atoms with E-state index in [1.54, 1.807) is 0 Å². The van der Waals surface area contributed by atoms with Crippen molar-refractivity contribution in [3.05, 3.63) is 17.7 Å². The van der Waals surface area contributed by atoms with E-state index in [1.165, 1.54) is 24.2 Å².